The molecule has 0 aliphatic carbocycles. The zero-order chi connectivity index (χ0) is 34.8. The number of halogens is 2. The molecule has 0 fully saturated rings. The van der Waals surface area contributed by atoms with Crippen LogP contribution in [0.3, 0.4) is 0 Å². The largest absolute Gasteiger partial charge is 0.346 e. The molecule has 0 bridgehead atoms. The van der Waals surface area contributed by atoms with Gasteiger partial charge >= 0.3 is 6.03 Å². The maximum atomic E-state index is 13.7. The number of aliphatic imine (C=N–C) groups is 2. The highest BCUT2D eigenvalue weighted by Crippen LogP contribution is 2.31. The molecular formula is C39H39F2N5O2S. The van der Waals surface area contributed by atoms with Crippen LogP contribution in [0.15, 0.2) is 108 Å². The fourth-order valence-corrected chi connectivity index (χ4v) is 6.27. The van der Waals surface area contributed by atoms with Crippen molar-refractivity contribution < 1.29 is 19.8 Å². The number of rotatable bonds is 11. The van der Waals surface area contributed by atoms with E-state index in [9.17, 15) is 18.4 Å². The molecule has 252 valence electrons. The summed E-state index contributed by atoms with van der Waals surface area (Å²) in [5.41, 5.74) is 5.50. The van der Waals surface area contributed by atoms with E-state index in [2.05, 4.69) is 26.9 Å². The molecule has 0 radical (unpaired) electrons. The average Bonchev–Trinajstić information content (AvgIpc) is 3.30. The minimum Gasteiger partial charge on any atom is -0.306 e. The number of pyridine rings is 1. The second kappa shape index (κ2) is 16.3. The maximum Gasteiger partial charge on any atom is 0.346 e. The molecule has 7 nitrogen and oxygen atoms in total. The van der Waals surface area contributed by atoms with Gasteiger partial charge in [0, 0.05) is 42.5 Å². The number of benzene rings is 3. The van der Waals surface area contributed by atoms with E-state index in [1.165, 1.54) is 23.9 Å². The summed E-state index contributed by atoms with van der Waals surface area (Å²) in [5.74, 6) is -2.63. The molecule has 2 heterocycles. The summed E-state index contributed by atoms with van der Waals surface area (Å²) in [7, 11) is 0. The lowest BCUT2D eigenvalue weighted by atomic mass is 9.96. The first-order valence-electron chi connectivity index (χ1n) is 16.1. The van der Waals surface area contributed by atoms with Crippen molar-refractivity contribution in [3.8, 4) is 0 Å². The van der Waals surface area contributed by atoms with Gasteiger partial charge in [0.25, 0.3) is 5.92 Å². The van der Waals surface area contributed by atoms with Gasteiger partial charge in [0.05, 0.1) is 11.3 Å². The Morgan fingerprint density at radius 3 is 2.71 bits per heavy atom. The second-order valence-corrected chi connectivity index (χ2v) is 12.6. The van der Waals surface area contributed by atoms with Crippen LogP contribution in [-0.2, 0) is 23.6 Å². The number of carbonyl (C=O) groups excluding carboxylic acids is 2. The fourth-order valence-electron chi connectivity index (χ4n) is 5.49. The number of aryl methyl sites for hydroxylation is 2. The van der Waals surface area contributed by atoms with Gasteiger partial charge in [-0.3, -0.25) is 15.2 Å². The lowest BCUT2D eigenvalue weighted by Gasteiger charge is -2.12. The molecule has 3 aromatic carbocycles. The van der Waals surface area contributed by atoms with Gasteiger partial charge in [0.1, 0.15) is 10.8 Å². The van der Waals surface area contributed by atoms with Gasteiger partial charge in [-0.25, -0.2) is 9.79 Å². The highest BCUT2D eigenvalue weighted by Gasteiger charge is 2.26. The summed E-state index contributed by atoms with van der Waals surface area (Å²) < 4.78 is 27.4. The van der Waals surface area contributed by atoms with Crippen LogP contribution in [0.5, 0.6) is 0 Å². The third-order valence-corrected chi connectivity index (χ3v) is 9.11. The van der Waals surface area contributed by atoms with Crippen LogP contribution in [0.1, 0.15) is 61.9 Å². The van der Waals surface area contributed by atoms with Crippen molar-refractivity contribution in [2.24, 2.45) is 9.98 Å². The van der Waals surface area contributed by atoms with Gasteiger partial charge in [-0.05, 0) is 96.9 Å². The summed E-state index contributed by atoms with van der Waals surface area (Å²) in [6.07, 6.45) is 9.92. The SMILES string of the molecule is C=CC(F)(F)c1ccc(CCCCC=NC(=N)c2ccc(NC(=O)/N=C3/C=C(c4cccc5ncccc45)CC(=O)CS3)c(CC)c2)cc1.[HH]. The number of amidine groups is 1. The molecule has 0 saturated carbocycles. The van der Waals surface area contributed by atoms with Crippen LogP contribution in [0.2, 0.25) is 0 Å². The summed E-state index contributed by atoms with van der Waals surface area (Å²) in [6, 6.07) is 20.7. The third kappa shape index (κ3) is 9.29. The predicted octanol–water partition coefficient (Wildman–Crippen LogP) is 9.85. The molecule has 1 aliphatic heterocycles. The Hall–Kier alpha value is -5.09. The second-order valence-electron chi connectivity index (χ2n) is 11.6. The molecule has 0 unspecified atom stereocenters. The quantitative estimate of drug-likeness (QED) is 0.0712. The highest BCUT2D eigenvalue weighted by atomic mass is 32.2. The molecule has 2 N–H and O–H groups in total. The maximum absolute atomic E-state index is 13.7. The third-order valence-electron chi connectivity index (χ3n) is 8.14. The Balaban J connectivity index is 0.00000562. The number of hydrogen-bond donors (Lipinski definition) is 2. The molecule has 49 heavy (non-hydrogen) atoms. The minimum absolute atomic E-state index is 0. The number of hydrogen-bond acceptors (Lipinski definition) is 5. The Morgan fingerprint density at radius 2 is 1.94 bits per heavy atom. The van der Waals surface area contributed by atoms with Crippen LogP contribution in [-0.4, -0.2) is 39.6 Å². The minimum atomic E-state index is -3.03. The Labute approximate surface area is 290 Å². The van der Waals surface area contributed by atoms with Gasteiger partial charge in [0.2, 0.25) is 0 Å². The van der Waals surface area contributed by atoms with E-state index in [0.717, 1.165) is 52.4 Å². The van der Waals surface area contributed by atoms with E-state index in [-0.39, 0.29) is 30.8 Å². The van der Waals surface area contributed by atoms with Crippen molar-refractivity contribution in [3.63, 3.8) is 0 Å². The van der Waals surface area contributed by atoms with E-state index < -0.39 is 12.0 Å². The topological polar surface area (TPSA) is 108 Å². The monoisotopic (exact) mass is 679 g/mol. The number of alkyl halides is 2. The van der Waals surface area contributed by atoms with E-state index in [4.69, 9.17) is 5.41 Å². The Bertz CT molecular complexity index is 1970. The molecule has 5 rings (SSSR count). The number of anilines is 1. The lowest BCUT2D eigenvalue weighted by Crippen LogP contribution is -2.11. The van der Waals surface area contributed by atoms with Gasteiger partial charge in [0.15, 0.2) is 5.84 Å². The number of nitrogens with one attached hydrogen (secondary N) is 2. The van der Waals surface area contributed by atoms with Crippen molar-refractivity contribution >= 4 is 62.8 Å². The number of allylic oxidation sites excluding steroid dienone is 2. The van der Waals surface area contributed by atoms with Gasteiger partial charge in [-0.2, -0.15) is 13.8 Å². The van der Waals surface area contributed by atoms with Crippen molar-refractivity contribution in [1.82, 2.24) is 4.98 Å². The lowest BCUT2D eigenvalue weighted by molar-refractivity contribution is -0.115. The first-order chi connectivity index (χ1) is 23.7. The number of carbonyl (C=O) groups is 2. The van der Waals surface area contributed by atoms with E-state index in [1.54, 1.807) is 36.7 Å². The first kappa shape index (κ1) is 35.2. The summed E-state index contributed by atoms with van der Waals surface area (Å²) >= 11 is 1.24. The van der Waals surface area contributed by atoms with Gasteiger partial charge < -0.3 is 5.32 Å². The van der Waals surface area contributed by atoms with Crippen LogP contribution in [0, 0.1) is 5.41 Å². The van der Waals surface area contributed by atoms with Gasteiger partial charge in [-0.15, -0.1) is 0 Å². The number of aromatic nitrogens is 1. The molecule has 1 aliphatic rings. The molecule has 0 atom stereocenters. The number of ketones is 1. The molecular weight excluding hydrogens is 641 g/mol. The molecule has 1 aromatic heterocycles. The summed E-state index contributed by atoms with van der Waals surface area (Å²) in [4.78, 5) is 38.7. The Morgan fingerprint density at radius 1 is 1.12 bits per heavy atom. The molecule has 4 aromatic rings. The smallest absolute Gasteiger partial charge is 0.306 e. The summed E-state index contributed by atoms with van der Waals surface area (Å²) in [5, 5.41) is 12.7. The highest BCUT2D eigenvalue weighted by molar-refractivity contribution is 8.14. The number of thioether (sulfide) groups is 1. The number of urea groups is 1. The molecule has 0 spiro atoms. The van der Waals surface area contributed by atoms with Crippen LogP contribution in [0.4, 0.5) is 19.3 Å². The molecule has 0 saturated heterocycles. The number of amides is 2. The Kier molecular flexibility index (Phi) is 11.7. The molecule has 10 heteroatoms. The van der Waals surface area contributed by atoms with Crippen LogP contribution < -0.4 is 5.32 Å². The zero-order valence-corrected chi connectivity index (χ0v) is 28.0. The van der Waals surface area contributed by atoms with E-state index in [0.29, 0.717) is 35.2 Å². The number of Topliss-reactive ketones (excluding diaryl/α,β-unsaturated/α-hetero) is 1. The van der Waals surface area contributed by atoms with E-state index >= 15 is 0 Å². The van der Waals surface area contributed by atoms with Crippen molar-refractivity contribution in [1.29, 1.82) is 5.41 Å². The van der Waals surface area contributed by atoms with Crippen LogP contribution in [0.25, 0.3) is 16.5 Å². The van der Waals surface area contributed by atoms with Crippen LogP contribution >= 0.6 is 11.8 Å². The van der Waals surface area contributed by atoms with E-state index in [1.807, 2.05) is 49.4 Å². The summed E-state index contributed by atoms with van der Waals surface area (Å²) in [6.45, 7) is 5.16. The van der Waals surface area contributed by atoms with Crippen molar-refractivity contribution in [2.75, 3.05) is 11.1 Å². The fraction of sp³-hybridized carbons (Fsp3) is 0.231. The normalized spacial score (nSPS) is 14.6. The predicted molar refractivity (Wildman–Crippen MR) is 200 cm³/mol. The average molecular weight is 680 g/mol. The van der Waals surface area contributed by atoms with Gasteiger partial charge in [-0.1, -0.05) is 67.7 Å². The van der Waals surface area contributed by atoms with Crippen molar-refractivity contribution in [3.05, 3.63) is 126 Å². The standard InChI is InChI=1S/C39H37F2N5O2S.H2/c1-3-27-22-28(37(42)44-20-7-5-6-10-26-14-17-30(18-15-26)39(40,41)4-2)16-19-34(27)45-38(48)46-36-24-29(23-31(47)25-49-36)32-11-8-13-35-33(32)12-9-21-43-35;/h4,8-9,11-22,24,42H,2-3,5-7,10,23,25H2,1H3,(H,45,48);1H/b42-37?,44-20?,46-36-;. The number of fused-ring (bicyclic) bond motifs is 1. The molecule has 2 amide bonds. The zero-order valence-electron chi connectivity index (χ0n) is 27.2. The number of nitrogens with zero attached hydrogens (tertiary/aromatic N) is 3. The van der Waals surface area contributed by atoms with Crippen molar-refractivity contribution in [2.45, 2.75) is 51.4 Å². The first-order valence-corrected chi connectivity index (χ1v) is 17.1. The number of unbranched alkanes of at least 4 members (excludes halogenated alkanes) is 2.